The van der Waals surface area contributed by atoms with Gasteiger partial charge in [-0.25, -0.2) is 4.99 Å². The summed E-state index contributed by atoms with van der Waals surface area (Å²) in [5.41, 5.74) is 5.85. The molecule has 0 aromatic heterocycles. The second-order valence-electron chi connectivity index (χ2n) is 5.66. The molecule has 0 bridgehead atoms. The summed E-state index contributed by atoms with van der Waals surface area (Å²) in [6.07, 6.45) is 4.93. The average molecular weight is 225 g/mol. The summed E-state index contributed by atoms with van der Waals surface area (Å²) in [4.78, 5) is 4.44. The van der Waals surface area contributed by atoms with Gasteiger partial charge in [-0.2, -0.15) is 0 Å². The highest BCUT2D eigenvalue weighted by Crippen LogP contribution is 2.32. The van der Waals surface area contributed by atoms with Crippen LogP contribution >= 0.6 is 0 Å². The van der Waals surface area contributed by atoms with Gasteiger partial charge < -0.3 is 11.1 Å². The van der Waals surface area contributed by atoms with Crippen molar-refractivity contribution >= 4 is 5.96 Å². The van der Waals surface area contributed by atoms with E-state index >= 15 is 0 Å². The lowest BCUT2D eigenvalue weighted by atomic mass is 10.0. The van der Waals surface area contributed by atoms with Crippen molar-refractivity contribution in [2.24, 2.45) is 22.6 Å². The van der Waals surface area contributed by atoms with Gasteiger partial charge >= 0.3 is 0 Å². The summed E-state index contributed by atoms with van der Waals surface area (Å²) in [7, 11) is 0. The fraction of sp³-hybridized carbons (Fsp3) is 0.923. The van der Waals surface area contributed by atoms with Crippen molar-refractivity contribution in [2.75, 3.05) is 0 Å². The van der Waals surface area contributed by atoms with Crippen LogP contribution in [0.5, 0.6) is 0 Å². The monoisotopic (exact) mass is 225 g/mol. The molecule has 94 valence electrons. The summed E-state index contributed by atoms with van der Waals surface area (Å²) >= 11 is 0. The number of nitrogens with one attached hydrogen (secondary N) is 1. The van der Waals surface area contributed by atoms with Gasteiger partial charge in [0.15, 0.2) is 5.96 Å². The second-order valence-corrected chi connectivity index (χ2v) is 5.66. The van der Waals surface area contributed by atoms with Crippen LogP contribution in [0.4, 0.5) is 0 Å². The van der Waals surface area contributed by atoms with E-state index in [1.807, 2.05) is 0 Å². The normalized spacial score (nSPS) is 26.9. The van der Waals surface area contributed by atoms with Gasteiger partial charge in [0.2, 0.25) is 0 Å². The summed E-state index contributed by atoms with van der Waals surface area (Å²) in [6.45, 7) is 8.93. The fourth-order valence-corrected chi connectivity index (χ4v) is 1.86. The van der Waals surface area contributed by atoms with Crippen molar-refractivity contribution < 1.29 is 0 Å². The molecule has 1 fully saturated rings. The van der Waals surface area contributed by atoms with Crippen molar-refractivity contribution in [1.82, 2.24) is 5.32 Å². The molecule has 0 aliphatic heterocycles. The maximum Gasteiger partial charge on any atom is 0.189 e. The van der Waals surface area contributed by atoms with Crippen LogP contribution in [0.15, 0.2) is 4.99 Å². The van der Waals surface area contributed by atoms with E-state index < -0.39 is 0 Å². The van der Waals surface area contributed by atoms with Crippen LogP contribution in [0.2, 0.25) is 0 Å². The Morgan fingerprint density at radius 3 is 2.50 bits per heavy atom. The summed E-state index contributed by atoms with van der Waals surface area (Å²) in [5, 5.41) is 3.27. The van der Waals surface area contributed by atoms with Crippen molar-refractivity contribution in [3.63, 3.8) is 0 Å². The number of hydrogen-bond donors (Lipinski definition) is 2. The highest BCUT2D eigenvalue weighted by atomic mass is 15.1. The Hall–Kier alpha value is -0.730. The van der Waals surface area contributed by atoms with E-state index in [0.717, 1.165) is 11.8 Å². The lowest BCUT2D eigenvalue weighted by Crippen LogP contribution is -2.38. The van der Waals surface area contributed by atoms with Crippen LogP contribution < -0.4 is 11.1 Å². The molecule has 1 aliphatic rings. The number of nitrogens with two attached hydrogens (primary N) is 1. The average Bonchev–Trinajstić information content (AvgIpc) is 2.80. The van der Waals surface area contributed by atoms with Crippen LogP contribution in [0.25, 0.3) is 0 Å². The molecule has 3 heteroatoms. The largest absolute Gasteiger partial charge is 0.370 e. The maximum absolute atomic E-state index is 5.85. The highest BCUT2D eigenvalue weighted by molar-refractivity contribution is 5.78. The summed E-state index contributed by atoms with van der Waals surface area (Å²) in [5.74, 6) is 2.16. The standard InChI is InChI=1S/C13H27N3/c1-9(2)6-5-7-11(4)15-13(14)16-12-8-10(12)3/h9-12H,5-8H2,1-4H3,(H3,14,15,16). The molecule has 3 nitrogen and oxygen atoms in total. The molecule has 3 unspecified atom stereocenters. The third-order valence-electron chi connectivity index (χ3n) is 3.18. The first kappa shape index (κ1) is 13.3. The smallest absolute Gasteiger partial charge is 0.189 e. The first-order valence-electron chi connectivity index (χ1n) is 6.58. The van der Waals surface area contributed by atoms with Gasteiger partial charge in [-0.3, -0.25) is 0 Å². The predicted octanol–water partition coefficient (Wildman–Crippen LogP) is 2.51. The minimum absolute atomic E-state index is 0.441. The molecule has 1 saturated carbocycles. The molecule has 1 aliphatic carbocycles. The molecule has 0 aromatic rings. The lowest BCUT2D eigenvalue weighted by molar-refractivity contribution is 0.493. The number of hydrogen-bond acceptors (Lipinski definition) is 1. The van der Waals surface area contributed by atoms with Gasteiger partial charge in [-0.1, -0.05) is 33.6 Å². The number of rotatable bonds is 6. The van der Waals surface area contributed by atoms with Crippen molar-refractivity contribution in [1.29, 1.82) is 0 Å². The van der Waals surface area contributed by atoms with Gasteiger partial charge in [0, 0.05) is 6.04 Å². The van der Waals surface area contributed by atoms with Crippen LogP contribution in [0.1, 0.15) is 53.4 Å². The van der Waals surface area contributed by atoms with E-state index in [1.165, 1.54) is 25.7 Å². The number of aliphatic imine (C=N–C) groups is 1. The minimum Gasteiger partial charge on any atom is -0.370 e. The molecule has 3 atom stereocenters. The van der Waals surface area contributed by atoms with Gasteiger partial charge in [0.05, 0.1) is 6.04 Å². The van der Waals surface area contributed by atoms with Gasteiger partial charge in [-0.05, 0) is 31.6 Å². The molecule has 0 aromatic carbocycles. The van der Waals surface area contributed by atoms with Gasteiger partial charge in [0.25, 0.3) is 0 Å². The minimum atomic E-state index is 0.441. The molecule has 0 saturated heterocycles. The Kier molecular flexibility index (Phi) is 5.10. The molecule has 0 amide bonds. The van der Waals surface area contributed by atoms with Crippen molar-refractivity contribution in [3.05, 3.63) is 0 Å². The zero-order valence-corrected chi connectivity index (χ0v) is 11.2. The number of guanidine groups is 1. The zero-order chi connectivity index (χ0) is 12.1. The predicted molar refractivity (Wildman–Crippen MR) is 70.5 cm³/mol. The maximum atomic E-state index is 5.85. The first-order chi connectivity index (χ1) is 7.49. The van der Waals surface area contributed by atoms with E-state index in [9.17, 15) is 0 Å². The SMILES string of the molecule is CC(C)CCCC(C)NC(N)=NC1CC1C. The van der Waals surface area contributed by atoms with Crippen LogP contribution in [0.3, 0.4) is 0 Å². The zero-order valence-electron chi connectivity index (χ0n) is 11.2. The molecule has 0 heterocycles. The van der Waals surface area contributed by atoms with Crippen LogP contribution in [-0.4, -0.2) is 18.0 Å². The topological polar surface area (TPSA) is 50.4 Å². The van der Waals surface area contributed by atoms with Gasteiger partial charge in [0.1, 0.15) is 0 Å². The Morgan fingerprint density at radius 2 is 2.00 bits per heavy atom. The third-order valence-corrected chi connectivity index (χ3v) is 3.18. The molecular weight excluding hydrogens is 198 g/mol. The van der Waals surface area contributed by atoms with Crippen molar-refractivity contribution in [3.8, 4) is 0 Å². The fourth-order valence-electron chi connectivity index (χ4n) is 1.86. The van der Waals surface area contributed by atoms with E-state index in [2.05, 4.69) is 38.0 Å². The Bertz CT molecular complexity index is 235. The second kappa shape index (κ2) is 6.12. The third kappa shape index (κ3) is 5.38. The van der Waals surface area contributed by atoms with E-state index in [4.69, 9.17) is 5.73 Å². The van der Waals surface area contributed by atoms with Crippen molar-refractivity contribution in [2.45, 2.75) is 65.5 Å². The Balaban J connectivity index is 2.13. The molecule has 3 N–H and O–H groups in total. The Morgan fingerprint density at radius 1 is 1.38 bits per heavy atom. The van der Waals surface area contributed by atoms with Crippen LogP contribution in [0, 0.1) is 11.8 Å². The number of nitrogens with zero attached hydrogens (tertiary/aromatic N) is 1. The highest BCUT2D eigenvalue weighted by Gasteiger charge is 2.32. The molecule has 16 heavy (non-hydrogen) atoms. The molecule has 0 spiro atoms. The van der Waals surface area contributed by atoms with Gasteiger partial charge in [-0.15, -0.1) is 0 Å². The summed E-state index contributed by atoms with van der Waals surface area (Å²) in [6, 6.07) is 0.923. The Labute approximate surface area is 99.9 Å². The summed E-state index contributed by atoms with van der Waals surface area (Å²) < 4.78 is 0. The molecule has 1 rings (SSSR count). The molecular formula is C13H27N3. The van der Waals surface area contributed by atoms with E-state index in [1.54, 1.807) is 0 Å². The molecule has 0 radical (unpaired) electrons. The first-order valence-corrected chi connectivity index (χ1v) is 6.58. The van der Waals surface area contributed by atoms with E-state index in [-0.39, 0.29) is 0 Å². The van der Waals surface area contributed by atoms with E-state index in [0.29, 0.717) is 18.0 Å². The van der Waals surface area contributed by atoms with Crippen LogP contribution in [-0.2, 0) is 0 Å². The quantitative estimate of drug-likeness (QED) is 0.539. The lowest BCUT2D eigenvalue weighted by Gasteiger charge is -2.15.